The Morgan fingerprint density at radius 1 is 1.09 bits per heavy atom. The molecule has 1 aliphatic heterocycles. The maximum atomic E-state index is 12.9. The fourth-order valence-corrected chi connectivity index (χ4v) is 4.26. The average Bonchev–Trinajstić information content (AvgIpc) is 3.23. The van der Waals surface area contributed by atoms with E-state index in [9.17, 15) is 4.79 Å². The molecule has 34 heavy (non-hydrogen) atoms. The first-order chi connectivity index (χ1) is 16.5. The Hall–Kier alpha value is -3.20. The number of hydrogen-bond acceptors (Lipinski definition) is 7. The Balaban J connectivity index is 1.42. The number of hydrogen-bond donors (Lipinski definition) is 1. The van der Waals surface area contributed by atoms with Crippen LogP contribution in [0.3, 0.4) is 0 Å². The monoisotopic (exact) mass is 482 g/mol. The van der Waals surface area contributed by atoms with E-state index in [1.807, 2.05) is 49.4 Å². The predicted molar refractivity (Wildman–Crippen MR) is 132 cm³/mol. The lowest BCUT2D eigenvalue weighted by atomic mass is 10.1. The van der Waals surface area contributed by atoms with Gasteiger partial charge in [0.15, 0.2) is 22.5 Å². The predicted octanol–water partition coefficient (Wildman–Crippen LogP) is 4.79. The summed E-state index contributed by atoms with van der Waals surface area (Å²) in [6.07, 6.45) is 0.974. The highest BCUT2D eigenvalue weighted by atomic mass is 32.2. The Bertz CT molecular complexity index is 1100. The molecule has 0 bridgehead atoms. The van der Waals surface area contributed by atoms with Gasteiger partial charge in [-0.05, 0) is 43.5 Å². The Morgan fingerprint density at radius 2 is 1.85 bits per heavy atom. The van der Waals surface area contributed by atoms with E-state index >= 15 is 0 Å². The van der Waals surface area contributed by atoms with Crippen molar-refractivity contribution >= 4 is 23.4 Å². The quantitative estimate of drug-likeness (QED) is 0.416. The van der Waals surface area contributed by atoms with Crippen LogP contribution in [0, 0.1) is 5.92 Å². The zero-order valence-corrected chi connectivity index (χ0v) is 20.5. The van der Waals surface area contributed by atoms with Crippen molar-refractivity contribution in [2.45, 2.75) is 50.8 Å². The van der Waals surface area contributed by atoms with Gasteiger partial charge in [-0.2, -0.15) is 0 Å². The topological polar surface area (TPSA) is 87.5 Å². The van der Waals surface area contributed by atoms with Gasteiger partial charge in [0.1, 0.15) is 25.6 Å². The van der Waals surface area contributed by atoms with Gasteiger partial charge in [-0.15, -0.1) is 10.2 Å². The van der Waals surface area contributed by atoms with Gasteiger partial charge in [-0.3, -0.25) is 4.79 Å². The summed E-state index contributed by atoms with van der Waals surface area (Å²) in [4.78, 5) is 12.9. The molecule has 1 N–H and O–H groups in total. The van der Waals surface area contributed by atoms with Crippen LogP contribution in [0.4, 0.5) is 5.69 Å². The highest BCUT2D eigenvalue weighted by Gasteiger charge is 2.21. The fourth-order valence-electron chi connectivity index (χ4n) is 3.37. The number of anilines is 1. The van der Waals surface area contributed by atoms with Gasteiger partial charge in [0.2, 0.25) is 5.91 Å². The third-order valence-electron chi connectivity index (χ3n) is 5.30. The molecule has 3 aromatic rings. The van der Waals surface area contributed by atoms with E-state index in [0.717, 1.165) is 24.5 Å². The molecule has 0 radical (unpaired) electrons. The number of ether oxygens (including phenoxy) is 3. The van der Waals surface area contributed by atoms with Gasteiger partial charge < -0.3 is 24.1 Å². The van der Waals surface area contributed by atoms with Crippen LogP contribution in [0.15, 0.2) is 53.7 Å². The van der Waals surface area contributed by atoms with Gasteiger partial charge in [-0.25, -0.2) is 0 Å². The van der Waals surface area contributed by atoms with Crippen molar-refractivity contribution in [2.24, 2.45) is 5.92 Å². The van der Waals surface area contributed by atoms with Crippen molar-refractivity contribution in [3.05, 3.63) is 54.4 Å². The van der Waals surface area contributed by atoms with Crippen LogP contribution < -0.4 is 19.5 Å². The lowest BCUT2D eigenvalue weighted by Gasteiger charge is -2.19. The third kappa shape index (κ3) is 6.22. The molecule has 2 aromatic carbocycles. The number of nitrogens with one attached hydrogen (secondary N) is 1. The summed E-state index contributed by atoms with van der Waals surface area (Å²) in [7, 11) is 0. The van der Waals surface area contributed by atoms with Crippen molar-refractivity contribution < 1.29 is 19.0 Å². The van der Waals surface area contributed by atoms with Gasteiger partial charge in [0, 0.05) is 18.3 Å². The summed E-state index contributed by atoms with van der Waals surface area (Å²) in [5, 5.41) is 12.0. The number of thioether (sulfide) groups is 1. The Labute approximate surface area is 204 Å². The van der Waals surface area contributed by atoms with Crippen LogP contribution in [0.25, 0.3) is 0 Å². The number of fused-ring (bicyclic) bond motifs is 1. The molecule has 1 aliphatic rings. The smallest absolute Gasteiger partial charge is 0.237 e. The lowest BCUT2D eigenvalue weighted by Crippen LogP contribution is -2.23. The number of rotatable bonds is 10. The molecule has 1 amide bonds. The minimum atomic E-state index is -0.377. The van der Waals surface area contributed by atoms with Crippen molar-refractivity contribution in [3.8, 4) is 17.2 Å². The Kier molecular flexibility index (Phi) is 7.95. The molecule has 1 aromatic heterocycles. The molecule has 0 spiro atoms. The number of carbonyl (C=O) groups is 1. The van der Waals surface area contributed by atoms with Crippen molar-refractivity contribution in [3.63, 3.8) is 0 Å². The number of para-hydroxylation sites is 1. The van der Waals surface area contributed by atoms with Gasteiger partial charge in [0.05, 0.1) is 5.25 Å². The van der Waals surface area contributed by atoms with Crippen LogP contribution in [0.1, 0.15) is 33.0 Å². The molecule has 0 aliphatic carbocycles. The van der Waals surface area contributed by atoms with E-state index in [1.54, 1.807) is 6.07 Å². The molecular formula is C25H30N4O4S. The molecule has 9 heteroatoms. The van der Waals surface area contributed by atoms with Crippen LogP contribution in [-0.2, 0) is 17.9 Å². The highest BCUT2D eigenvalue weighted by Crippen LogP contribution is 2.33. The van der Waals surface area contributed by atoms with Crippen LogP contribution in [0.2, 0.25) is 0 Å². The Morgan fingerprint density at radius 3 is 2.62 bits per heavy atom. The zero-order chi connectivity index (χ0) is 23.9. The van der Waals surface area contributed by atoms with Gasteiger partial charge in [-0.1, -0.05) is 43.8 Å². The van der Waals surface area contributed by atoms with E-state index in [-0.39, 0.29) is 11.2 Å². The molecular weight excluding hydrogens is 452 g/mol. The molecule has 1 atom stereocenters. The van der Waals surface area contributed by atoms with Crippen LogP contribution in [0.5, 0.6) is 17.2 Å². The van der Waals surface area contributed by atoms with Gasteiger partial charge >= 0.3 is 0 Å². The van der Waals surface area contributed by atoms with Crippen molar-refractivity contribution in [1.29, 1.82) is 0 Å². The maximum absolute atomic E-state index is 12.9. The highest BCUT2D eigenvalue weighted by molar-refractivity contribution is 8.00. The summed E-state index contributed by atoms with van der Waals surface area (Å²) in [5.41, 5.74) is 0.667. The summed E-state index contributed by atoms with van der Waals surface area (Å²) in [6.45, 7) is 8.33. The fraction of sp³-hybridized carbons (Fsp3) is 0.400. The van der Waals surface area contributed by atoms with Crippen LogP contribution in [-0.4, -0.2) is 39.1 Å². The lowest BCUT2D eigenvalue weighted by molar-refractivity contribution is -0.115. The molecule has 8 nitrogen and oxygen atoms in total. The second-order valence-electron chi connectivity index (χ2n) is 8.44. The van der Waals surface area contributed by atoms with E-state index < -0.39 is 0 Å². The maximum Gasteiger partial charge on any atom is 0.237 e. The zero-order valence-electron chi connectivity index (χ0n) is 19.7. The molecule has 0 fully saturated rings. The first kappa shape index (κ1) is 23.9. The molecule has 0 saturated carbocycles. The summed E-state index contributed by atoms with van der Waals surface area (Å²) in [6, 6.07) is 15.0. The third-order valence-corrected chi connectivity index (χ3v) is 6.38. The second-order valence-corrected chi connectivity index (χ2v) is 9.75. The summed E-state index contributed by atoms with van der Waals surface area (Å²) >= 11 is 1.39. The number of benzene rings is 2. The number of amides is 1. The number of aromatic nitrogens is 3. The molecule has 0 saturated heterocycles. The summed E-state index contributed by atoms with van der Waals surface area (Å²) < 4.78 is 19.1. The SMILES string of the molecule is CC(C)CCn1c(COc2ccccc2)nnc1SC(C)C(=O)Nc1ccc2c(c1)OCCO2. The molecule has 2 heterocycles. The first-order valence-corrected chi connectivity index (χ1v) is 12.3. The normalized spacial score (nSPS) is 13.5. The second kappa shape index (κ2) is 11.3. The summed E-state index contributed by atoms with van der Waals surface area (Å²) in [5.74, 6) is 3.26. The van der Waals surface area contributed by atoms with E-state index in [2.05, 4.69) is 33.9 Å². The number of carbonyl (C=O) groups excluding carboxylic acids is 1. The molecule has 4 rings (SSSR count). The van der Waals surface area contributed by atoms with Crippen LogP contribution >= 0.6 is 11.8 Å². The minimum absolute atomic E-state index is 0.123. The first-order valence-electron chi connectivity index (χ1n) is 11.5. The average molecular weight is 483 g/mol. The standard InChI is InChI=1S/C25H30N4O4S/c1-17(2)11-12-29-23(16-33-20-7-5-4-6-8-20)27-28-25(29)34-18(3)24(30)26-19-9-10-21-22(15-19)32-14-13-31-21/h4-10,15,17-18H,11-14,16H2,1-3H3,(H,26,30). The largest absolute Gasteiger partial charge is 0.486 e. The number of nitrogens with zero attached hydrogens (tertiary/aromatic N) is 3. The molecule has 1 unspecified atom stereocenters. The van der Waals surface area contributed by atoms with E-state index in [0.29, 0.717) is 48.1 Å². The van der Waals surface area contributed by atoms with Crippen molar-refractivity contribution in [1.82, 2.24) is 14.8 Å². The minimum Gasteiger partial charge on any atom is -0.486 e. The van der Waals surface area contributed by atoms with E-state index in [4.69, 9.17) is 14.2 Å². The van der Waals surface area contributed by atoms with E-state index in [1.165, 1.54) is 11.8 Å². The molecule has 180 valence electrons. The van der Waals surface area contributed by atoms with Gasteiger partial charge in [0.25, 0.3) is 0 Å². The van der Waals surface area contributed by atoms with Crippen molar-refractivity contribution in [2.75, 3.05) is 18.5 Å².